The molecule has 2 aliphatic rings. The molecule has 0 spiro atoms. The maximum atomic E-state index is 12.8. The van der Waals surface area contributed by atoms with Crippen LogP contribution in [0, 0.1) is 6.92 Å². The second-order valence-electron chi connectivity index (χ2n) is 6.06. The van der Waals surface area contributed by atoms with Gasteiger partial charge in [-0.25, -0.2) is 0 Å². The molecule has 3 nitrogen and oxygen atoms in total. The number of hydrogen-bond acceptors (Lipinski definition) is 2. The van der Waals surface area contributed by atoms with Crippen molar-refractivity contribution in [3.05, 3.63) is 29.3 Å². The number of rotatable bonds is 4. The highest BCUT2D eigenvalue weighted by Gasteiger charge is 2.34. The summed E-state index contributed by atoms with van der Waals surface area (Å²) in [5.74, 6) is 0.271. The second kappa shape index (κ2) is 5.57. The molecule has 3 rings (SSSR count). The highest BCUT2D eigenvalue weighted by molar-refractivity contribution is 5.99. The van der Waals surface area contributed by atoms with Crippen molar-refractivity contribution in [3.8, 4) is 0 Å². The summed E-state index contributed by atoms with van der Waals surface area (Å²) in [7, 11) is 0. The van der Waals surface area contributed by atoms with Crippen molar-refractivity contribution in [2.45, 2.75) is 58.0 Å². The van der Waals surface area contributed by atoms with Gasteiger partial charge in [0.2, 0.25) is 5.91 Å². The summed E-state index contributed by atoms with van der Waals surface area (Å²) in [6.07, 6.45) is 5.51. The highest BCUT2D eigenvalue weighted by atomic mass is 16.2. The Morgan fingerprint density at radius 1 is 1.30 bits per heavy atom. The van der Waals surface area contributed by atoms with Crippen LogP contribution in [0.5, 0.6) is 0 Å². The van der Waals surface area contributed by atoms with Crippen molar-refractivity contribution >= 4 is 11.6 Å². The topological polar surface area (TPSA) is 32.3 Å². The lowest BCUT2D eigenvalue weighted by Crippen LogP contribution is -2.51. The fraction of sp³-hybridized carbons (Fsp3) is 0.588. The van der Waals surface area contributed by atoms with Gasteiger partial charge in [-0.3, -0.25) is 4.79 Å². The second-order valence-corrected chi connectivity index (χ2v) is 6.06. The first-order valence-corrected chi connectivity index (χ1v) is 7.86. The molecule has 0 radical (unpaired) electrons. The summed E-state index contributed by atoms with van der Waals surface area (Å²) in [5, 5.41) is 3.51. The maximum absolute atomic E-state index is 12.8. The van der Waals surface area contributed by atoms with Crippen molar-refractivity contribution in [3.63, 3.8) is 0 Å². The maximum Gasteiger partial charge on any atom is 0.244 e. The van der Waals surface area contributed by atoms with Gasteiger partial charge in [-0.2, -0.15) is 0 Å². The molecule has 20 heavy (non-hydrogen) atoms. The minimum Gasteiger partial charge on any atom is -0.311 e. The standard InChI is InChI=1S/C17H24N2O/c1-3-13-7-4-6-12(2)16(13)19-11-5-8-15(17(19)20)18-14-9-10-14/h4,6-7,14-15,18H,3,5,8-11H2,1-2H3. The van der Waals surface area contributed by atoms with Crippen molar-refractivity contribution in [1.82, 2.24) is 5.32 Å². The van der Waals surface area contributed by atoms with Crippen molar-refractivity contribution < 1.29 is 4.79 Å². The number of carbonyl (C=O) groups excluding carboxylic acids is 1. The number of amides is 1. The molecule has 1 atom stereocenters. The third kappa shape index (κ3) is 2.59. The Morgan fingerprint density at radius 3 is 2.80 bits per heavy atom. The van der Waals surface area contributed by atoms with Gasteiger partial charge < -0.3 is 10.2 Å². The van der Waals surface area contributed by atoms with Crippen molar-refractivity contribution in [2.75, 3.05) is 11.4 Å². The van der Waals surface area contributed by atoms with Gasteiger partial charge in [0, 0.05) is 18.3 Å². The average molecular weight is 272 g/mol. The third-order valence-corrected chi connectivity index (χ3v) is 4.43. The summed E-state index contributed by atoms with van der Waals surface area (Å²) in [6.45, 7) is 5.13. The zero-order chi connectivity index (χ0) is 14.1. The van der Waals surface area contributed by atoms with Crippen molar-refractivity contribution in [1.29, 1.82) is 0 Å². The van der Waals surface area contributed by atoms with E-state index in [-0.39, 0.29) is 11.9 Å². The summed E-state index contributed by atoms with van der Waals surface area (Å²) in [5.41, 5.74) is 3.65. The van der Waals surface area contributed by atoms with Crippen LogP contribution >= 0.6 is 0 Å². The third-order valence-electron chi connectivity index (χ3n) is 4.43. The van der Waals surface area contributed by atoms with Crippen LogP contribution in [0.3, 0.4) is 0 Å². The molecule has 0 bridgehead atoms. The molecule has 1 aliphatic heterocycles. The van der Waals surface area contributed by atoms with Crippen LogP contribution < -0.4 is 10.2 Å². The van der Waals surface area contributed by atoms with E-state index in [0.29, 0.717) is 6.04 Å². The summed E-state index contributed by atoms with van der Waals surface area (Å²) < 4.78 is 0. The van der Waals surface area contributed by atoms with Gasteiger partial charge >= 0.3 is 0 Å². The lowest BCUT2D eigenvalue weighted by atomic mass is 9.99. The van der Waals surface area contributed by atoms with E-state index in [9.17, 15) is 4.79 Å². The Balaban J connectivity index is 1.86. The van der Waals surface area contributed by atoms with Crippen LogP contribution in [0.4, 0.5) is 5.69 Å². The fourth-order valence-electron chi connectivity index (χ4n) is 3.18. The van der Waals surface area contributed by atoms with Crippen LogP contribution in [0.1, 0.15) is 43.7 Å². The lowest BCUT2D eigenvalue weighted by Gasteiger charge is -2.35. The van der Waals surface area contributed by atoms with Gasteiger partial charge in [-0.05, 0) is 50.2 Å². The number of anilines is 1. The molecule has 1 unspecified atom stereocenters. The molecule has 0 aromatic heterocycles. The molecule has 3 heteroatoms. The predicted molar refractivity (Wildman–Crippen MR) is 82.1 cm³/mol. The van der Waals surface area contributed by atoms with Gasteiger partial charge in [-0.1, -0.05) is 25.1 Å². The Labute approximate surface area is 121 Å². The van der Waals surface area contributed by atoms with E-state index < -0.39 is 0 Å². The van der Waals surface area contributed by atoms with Gasteiger partial charge in [0.25, 0.3) is 0 Å². The Hall–Kier alpha value is -1.35. The molecule has 1 N–H and O–H groups in total. The fourth-order valence-corrected chi connectivity index (χ4v) is 3.18. The first-order valence-electron chi connectivity index (χ1n) is 7.86. The van der Waals surface area contributed by atoms with E-state index >= 15 is 0 Å². The Kier molecular flexibility index (Phi) is 3.79. The minimum atomic E-state index is 0.0283. The van der Waals surface area contributed by atoms with Gasteiger partial charge in [0.1, 0.15) is 0 Å². The first-order chi connectivity index (χ1) is 9.70. The molecule has 1 aromatic carbocycles. The molecule has 1 saturated carbocycles. The number of nitrogens with zero attached hydrogens (tertiary/aromatic N) is 1. The molecule has 108 valence electrons. The highest BCUT2D eigenvalue weighted by Crippen LogP contribution is 2.30. The number of hydrogen-bond donors (Lipinski definition) is 1. The molecular formula is C17H24N2O. The lowest BCUT2D eigenvalue weighted by molar-refractivity contribution is -0.121. The van der Waals surface area contributed by atoms with E-state index in [1.807, 2.05) is 4.90 Å². The largest absolute Gasteiger partial charge is 0.311 e. The Bertz CT molecular complexity index is 508. The summed E-state index contributed by atoms with van der Waals surface area (Å²) in [4.78, 5) is 14.8. The molecule has 1 aliphatic carbocycles. The number of benzene rings is 1. The summed E-state index contributed by atoms with van der Waals surface area (Å²) in [6, 6.07) is 6.96. The van der Waals surface area contributed by atoms with Gasteiger partial charge in [0.05, 0.1) is 6.04 Å². The monoisotopic (exact) mass is 272 g/mol. The number of nitrogens with one attached hydrogen (secondary N) is 1. The smallest absolute Gasteiger partial charge is 0.244 e. The number of carbonyl (C=O) groups is 1. The first kappa shape index (κ1) is 13.6. The number of para-hydroxylation sites is 1. The predicted octanol–water partition coefficient (Wildman–Crippen LogP) is 2.80. The molecule has 1 saturated heterocycles. The zero-order valence-electron chi connectivity index (χ0n) is 12.5. The molecule has 1 heterocycles. The number of piperidine rings is 1. The van der Waals surface area contributed by atoms with E-state index in [0.717, 1.165) is 31.5 Å². The molecule has 1 aromatic rings. The van der Waals surface area contributed by atoms with E-state index in [1.165, 1.54) is 24.0 Å². The Morgan fingerprint density at radius 2 is 2.10 bits per heavy atom. The molecule has 2 fully saturated rings. The van der Waals surface area contributed by atoms with E-state index in [4.69, 9.17) is 0 Å². The zero-order valence-corrected chi connectivity index (χ0v) is 12.5. The summed E-state index contributed by atoms with van der Waals surface area (Å²) >= 11 is 0. The quantitative estimate of drug-likeness (QED) is 0.914. The van der Waals surface area contributed by atoms with E-state index in [1.54, 1.807) is 0 Å². The van der Waals surface area contributed by atoms with Crippen LogP contribution in [-0.2, 0) is 11.2 Å². The molecule has 1 amide bonds. The van der Waals surface area contributed by atoms with E-state index in [2.05, 4.69) is 37.4 Å². The van der Waals surface area contributed by atoms with Crippen LogP contribution in [-0.4, -0.2) is 24.5 Å². The minimum absolute atomic E-state index is 0.0283. The average Bonchev–Trinajstić information content (AvgIpc) is 3.25. The number of aryl methyl sites for hydroxylation is 2. The van der Waals surface area contributed by atoms with Crippen LogP contribution in [0.15, 0.2) is 18.2 Å². The SMILES string of the molecule is CCc1cccc(C)c1N1CCCC(NC2CC2)C1=O. The van der Waals surface area contributed by atoms with Crippen LogP contribution in [0.2, 0.25) is 0 Å². The van der Waals surface area contributed by atoms with Crippen molar-refractivity contribution in [2.24, 2.45) is 0 Å². The van der Waals surface area contributed by atoms with Gasteiger partial charge in [-0.15, -0.1) is 0 Å². The molecular weight excluding hydrogens is 248 g/mol. The normalized spacial score (nSPS) is 23.2. The van der Waals surface area contributed by atoms with Crippen LogP contribution in [0.25, 0.3) is 0 Å². The van der Waals surface area contributed by atoms with Gasteiger partial charge in [0.15, 0.2) is 0 Å².